The van der Waals surface area contributed by atoms with Crippen LogP contribution in [-0.4, -0.2) is 39.3 Å². The highest BCUT2D eigenvalue weighted by molar-refractivity contribution is 8.00. The van der Waals surface area contributed by atoms with Crippen LogP contribution in [0.15, 0.2) is 52.4 Å². The van der Waals surface area contributed by atoms with Crippen molar-refractivity contribution in [1.29, 1.82) is 0 Å². The number of nitro groups is 1. The molecule has 1 amide bonds. The van der Waals surface area contributed by atoms with Crippen LogP contribution in [0.3, 0.4) is 0 Å². The van der Waals surface area contributed by atoms with E-state index in [1.165, 1.54) is 22.8 Å². The molecule has 2 aromatic carbocycles. The van der Waals surface area contributed by atoms with Gasteiger partial charge >= 0.3 is 0 Å². The summed E-state index contributed by atoms with van der Waals surface area (Å²) in [6.07, 6.45) is 0. The SMILES string of the molecule is COCC(C)n1c(SC(C)C(=O)Nc2ccc([N+](=O)[O-])cc2Cl)nc2ccccc2c1=O. The zero-order chi connectivity index (χ0) is 23.4. The number of methoxy groups -OCH3 is 1. The number of benzene rings is 2. The average Bonchev–Trinajstić information content (AvgIpc) is 2.75. The van der Waals surface area contributed by atoms with Gasteiger partial charge in [0.2, 0.25) is 5.91 Å². The Morgan fingerprint density at radius 2 is 2.03 bits per heavy atom. The molecule has 0 saturated heterocycles. The van der Waals surface area contributed by atoms with Gasteiger partial charge in [-0.1, -0.05) is 35.5 Å². The van der Waals surface area contributed by atoms with Crippen molar-refractivity contribution in [1.82, 2.24) is 9.55 Å². The monoisotopic (exact) mass is 476 g/mol. The van der Waals surface area contributed by atoms with Crippen molar-refractivity contribution in [2.45, 2.75) is 30.3 Å². The van der Waals surface area contributed by atoms with Crippen LogP contribution < -0.4 is 10.9 Å². The molecule has 1 aromatic heterocycles. The summed E-state index contributed by atoms with van der Waals surface area (Å²) in [5, 5.41) is 13.8. The Morgan fingerprint density at radius 3 is 2.69 bits per heavy atom. The number of thioether (sulfide) groups is 1. The van der Waals surface area contributed by atoms with Gasteiger partial charge in [-0.15, -0.1) is 0 Å². The van der Waals surface area contributed by atoms with Crippen LogP contribution in [0.25, 0.3) is 10.9 Å². The number of nitrogens with zero attached hydrogens (tertiary/aromatic N) is 3. The van der Waals surface area contributed by atoms with Crippen molar-refractivity contribution in [3.05, 3.63) is 68.0 Å². The molecule has 9 nitrogen and oxygen atoms in total. The predicted octanol–water partition coefficient (Wildman–Crippen LogP) is 4.28. The molecule has 0 aliphatic heterocycles. The molecule has 0 aliphatic carbocycles. The number of para-hydroxylation sites is 1. The van der Waals surface area contributed by atoms with Gasteiger partial charge in [0.05, 0.1) is 44.4 Å². The van der Waals surface area contributed by atoms with E-state index in [1.54, 1.807) is 38.3 Å². The van der Waals surface area contributed by atoms with Crippen LogP contribution in [-0.2, 0) is 9.53 Å². The van der Waals surface area contributed by atoms with E-state index >= 15 is 0 Å². The Hall–Kier alpha value is -2.95. The van der Waals surface area contributed by atoms with E-state index in [0.717, 1.165) is 11.8 Å². The van der Waals surface area contributed by atoms with E-state index in [9.17, 15) is 19.7 Å². The van der Waals surface area contributed by atoms with E-state index in [1.807, 2.05) is 6.92 Å². The molecule has 1 N–H and O–H groups in total. The lowest BCUT2D eigenvalue weighted by molar-refractivity contribution is -0.384. The Bertz CT molecular complexity index is 1230. The average molecular weight is 477 g/mol. The number of anilines is 1. The van der Waals surface area contributed by atoms with Crippen molar-refractivity contribution in [3.8, 4) is 0 Å². The highest BCUT2D eigenvalue weighted by atomic mass is 35.5. The fraction of sp³-hybridized carbons (Fsp3) is 0.286. The van der Waals surface area contributed by atoms with Gasteiger partial charge in [0.15, 0.2) is 5.16 Å². The minimum atomic E-state index is -0.643. The molecule has 0 spiro atoms. The van der Waals surface area contributed by atoms with Crippen molar-refractivity contribution in [2.75, 3.05) is 19.0 Å². The van der Waals surface area contributed by atoms with Crippen LogP contribution in [0.4, 0.5) is 11.4 Å². The lowest BCUT2D eigenvalue weighted by Gasteiger charge is -2.20. The third-order valence-corrected chi connectivity index (χ3v) is 6.08. The molecule has 3 rings (SSSR count). The quantitative estimate of drug-likeness (QED) is 0.223. The number of rotatable bonds is 8. The molecule has 3 aromatic rings. The van der Waals surface area contributed by atoms with Gasteiger partial charge in [0.1, 0.15) is 0 Å². The number of nitro benzene ring substituents is 1. The molecule has 32 heavy (non-hydrogen) atoms. The van der Waals surface area contributed by atoms with Gasteiger partial charge in [0.25, 0.3) is 11.2 Å². The number of carbonyl (C=O) groups excluding carboxylic acids is 1. The van der Waals surface area contributed by atoms with Gasteiger partial charge in [-0.3, -0.25) is 24.3 Å². The van der Waals surface area contributed by atoms with Crippen LogP contribution in [0.5, 0.6) is 0 Å². The number of hydrogen-bond acceptors (Lipinski definition) is 7. The number of hydrogen-bond donors (Lipinski definition) is 1. The number of carbonyl (C=O) groups is 1. The Labute approximate surface area is 192 Å². The van der Waals surface area contributed by atoms with E-state index < -0.39 is 10.2 Å². The van der Waals surface area contributed by atoms with E-state index in [4.69, 9.17) is 16.3 Å². The van der Waals surface area contributed by atoms with Gasteiger partial charge in [0, 0.05) is 19.2 Å². The summed E-state index contributed by atoms with van der Waals surface area (Å²) in [4.78, 5) is 40.8. The number of nitrogens with one attached hydrogen (secondary N) is 1. The highest BCUT2D eigenvalue weighted by Crippen LogP contribution is 2.29. The van der Waals surface area contributed by atoms with Gasteiger partial charge in [-0.2, -0.15) is 0 Å². The van der Waals surface area contributed by atoms with E-state index in [2.05, 4.69) is 10.3 Å². The first-order valence-corrected chi connectivity index (χ1v) is 10.9. The molecule has 0 saturated carbocycles. The first-order valence-electron chi connectivity index (χ1n) is 9.64. The standard InChI is InChI=1S/C21H21ClN4O5S/c1-12(11-31-3)25-20(28)15-6-4-5-7-17(15)24-21(25)32-13(2)19(27)23-18-9-8-14(26(29)30)10-16(18)22/h4-10,12-13H,11H2,1-3H3,(H,23,27). The Kier molecular flexibility index (Phi) is 7.49. The smallest absolute Gasteiger partial charge is 0.271 e. The van der Waals surface area contributed by atoms with Crippen molar-refractivity contribution < 1.29 is 14.5 Å². The van der Waals surface area contributed by atoms with E-state index in [-0.39, 0.29) is 33.9 Å². The van der Waals surface area contributed by atoms with Crippen LogP contribution in [0.2, 0.25) is 5.02 Å². The lowest BCUT2D eigenvalue weighted by atomic mass is 10.2. The molecule has 1 heterocycles. The van der Waals surface area contributed by atoms with Gasteiger partial charge in [-0.05, 0) is 32.0 Å². The fourth-order valence-electron chi connectivity index (χ4n) is 3.08. The second-order valence-corrected chi connectivity index (χ2v) is 8.78. The first kappa shape index (κ1) is 23.7. The summed E-state index contributed by atoms with van der Waals surface area (Å²) in [6.45, 7) is 3.81. The number of aromatic nitrogens is 2. The van der Waals surface area contributed by atoms with Crippen LogP contribution in [0, 0.1) is 10.1 Å². The third kappa shape index (κ3) is 5.09. The summed E-state index contributed by atoms with van der Waals surface area (Å²) in [5.41, 5.74) is 0.402. The van der Waals surface area contributed by atoms with Gasteiger partial charge in [-0.25, -0.2) is 4.98 Å². The van der Waals surface area contributed by atoms with Crippen molar-refractivity contribution in [2.24, 2.45) is 0 Å². The lowest BCUT2D eigenvalue weighted by Crippen LogP contribution is -2.30. The summed E-state index contributed by atoms with van der Waals surface area (Å²) in [7, 11) is 1.55. The Morgan fingerprint density at radius 1 is 1.31 bits per heavy atom. The van der Waals surface area contributed by atoms with Crippen LogP contribution in [0.1, 0.15) is 19.9 Å². The number of amides is 1. The molecule has 0 bridgehead atoms. The van der Waals surface area contributed by atoms with Crippen LogP contribution >= 0.6 is 23.4 Å². The first-order chi connectivity index (χ1) is 15.2. The maximum Gasteiger partial charge on any atom is 0.271 e. The van der Waals surface area contributed by atoms with Crippen molar-refractivity contribution in [3.63, 3.8) is 0 Å². The maximum absolute atomic E-state index is 13.1. The molecular weight excluding hydrogens is 456 g/mol. The second-order valence-electron chi connectivity index (χ2n) is 7.06. The predicted molar refractivity (Wildman–Crippen MR) is 125 cm³/mol. The zero-order valence-corrected chi connectivity index (χ0v) is 19.1. The van der Waals surface area contributed by atoms with Gasteiger partial charge < -0.3 is 10.1 Å². The third-order valence-electron chi connectivity index (χ3n) is 4.70. The molecular formula is C21H21ClN4O5S. The molecule has 0 fully saturated rings. The Balaban J connectivity index is 1.89. The number of halogens is 1. The number of ether oxygens (including phenoxy) is 1. The summed E-state index contributed by atoms with van der Waals surface area (Å²) in [6, 6.07) is 10.5. The normalized spacial score (nSPS) is 13.0. The zero-order valence-electron chi connectivity index (χ0n) is 17.6. The fourth-order valence-corrected chi connectivity index (χ4v) is 4.31. The number of fused-ring (bicyclic) bond motifs is 1. The topological polar surface area (TPSA) is 116 Å². The molecule has 168 valence electrons. The minimum absolute atomic E-state index is 0.0548. The summed E-state index contributed by atoms with van der Waals surface area (Å²) >= 11 is 7.20. The van der Waals surface area contributed by atoms with Crippen molar-refractivity contribution >= 4 is 51.5 Å². The second kappa shape index (κ2) is 10.1. The molecule has 2 unspecified atom stereocenters. The molecule has 11 heteroatoms. The summed E-state index contributed by atoms with van der Waals surface area (Å²) in [5.74, 6) is -0.390. The maximum atomic E-state index is 13.1. The molecule has 0 radical (unpaired) electrons. The molecule has 0 aliphatic rings. The van der Waals surface area contributed by atoms with E-state index in [0.29, 0.717) is 22.7 Å². The number of non-ortho nitro benzene ring substituents is 1. The molecule has 2 atom stereocenters. The summed E-state index contributed by atoms with van der Waals surface area (Å²) < 4.78 is 6.74. The largest absolute Gasteiger partial charge is 0.383 e. The minimum Gasteiger partial charge on any atom is -0.383 e. The highest BCUT2D eigenvalue weighted by Gasteiger charge is 2.23.